The number of thioether (sulfide) groups is 1. The zero-order valence-electron chi connectivity index (χ0n) is 14.7. The van der Waals surface area contributed by atoms with Gasteiger partial charge in [0, 0.05) is 40.8 Å². The average molecular weight is 413 g/mol. The number of nitrogens with zero attached hydrogens (tertiary/aromatic N) is 2. The molecule has 1 aromatic heterocycles. The highest BCUT2D eigenvalue weighted by Gasteiger charge is 2.30. The van der Waals surface area contributed by atoms with Gasteiger partial charge in [-0.05, 0) is 36.8 Å². The van der Waals surface area contributed by atoms with Crippen LogP contribution < -0.4 is 0 Å². The Morgan fingerprint density at radius 2 is 1.89 bits per heavy atom. The van der Waals surface area contributed by atoms with Crippen molar-refractivity contribution in [3.63, 3.8) is 0 Å². The van der Waals surface area contributed by atoms with Gasteiger partial charge in [0.25, 0.3) is 5.91 Å². The molecule has 0 unspecified atom stereocenters. The second-order valence-corrected chi connectivity index (χ2v) is 8.39. The summed E-state index contributed by atoms with van der Waals surface area (Å²) in [6.07, 6.45) is 4.05. The fourth-order valence-electron chi connectivity index (χ4n) is 3.22. The molecule has 136 valence electrons. The van der Waals surface area contributed by atoms with Crippen LogP contribution in [-0.4, -0.2) is 26.2 Å². The maximum atomic E-state index is 12.5. The van der Waals surface area contributed by atoms with E-state index in [1.807, 2.05) is 49.4 Å². The van der Waals surface area contributed by atoms with Gasteiger partial charge >= 0.3 is 0 Å². The number of fused-ring (bicyclic) bond motifs is 1. The predicted molar refractivity (Wildman–Crippen MR) is 118 cm³/mol. The number of rotatable bonds is 4. The van der Waals surface area contributed by atoms with E-state index in [2.05, 4.69) is 22.9 Å². The average Bonchev–Trinajstić information content (AvgIpc) is 3.14. The van der Waals surface area contributed by atoms with Gasteiger partial charge in [-0.2, -0.15) is 0 Å². The number of carbonyl (C=O) groups excluding carboxylic acids is 1. The number of amides is 1. The molecule has 0 saturated carbocycles. The van der Waals surface area contributed by atoms with Crippen LogP contribution in [0.2, 0.25) is 5.02 Å². The van der Waals surface area contributed by atoms with Crippen LogP contribution in [0.25, 0.3) is 17.0 Å². The van der Waals surface area contributed by atoms with Crippen molar-refractivity contribution < 1.29 is 4.79 Å². The number of halogens is 1. The Morgan fingerprint density at radius 3 is 2.59 bits per heavy atom. The predicted octanol–water partition coefficient (Wildman–Crippen LogP) is 5.56. The van der Waals surface area contributed by atoms with E-state index in [1.54, 1.807) is 4.90 Å². The molecular formula is C21H17ClN2OS2. The first-order valence-electron chi connectivity index (χ1n) is 8.64. The van der Waals surface area contributed by atoms with Crippen LogP contribution in [0.1, 0.15) is 18.1 Å². The quantitative estimate of drug-likeness (QED) is 0.414. The standard InChI is InChI=1S/C21H17ClN2OS2/c1-2-24-20(25)19(27-21(24)26)11-15-13-23(18-6-4-3-5-17(15)18)12-14-7-9-16(22)10-8-14/h3-11,13H,2,12H2,1H3. The van der Waals surface area contributed by atoms with Crippen LogP contribution in [0, 0.1) is 0 Å². The Kier molecular flexibility index (Phi) is 5.08. The normalized spacial score (nSPS) is 16.1. The van der Waals surface area contributed by atoms with E-state index in [-0.39, 0.29) is 5.91 Å². The van der Waals surface area contributed by atoms with Gasteiger partial charge in [-0.25, -0.2) is 0 Å². The fraction of sp³-hybridized carbons (Fsp3) is 0.143. The molecule has 3 aromatic rings. The summed E-state index contributed by atoms with van der Waals surface area (Å²) in [6, 6.07) is 16.1. The molecule has 0 bridgehead atoms. The van der Waals surface area contributed by atoms with E-state index in [0.29, 0.717) is 15.8 Å². The van der Waals surface area contributed by atoms with Crippen LogP contribution >= 0.6 is 35.6 Å². The third-order valence-corrected chi connectivity index (χ3v) is 6.19. The Balaban J connectivity index is 1.74. The Morgan fingerprint density at radius 1 is 1.15 bits per heavy atom. The largest absolute Gasteiger partial charge is 0.342 e. The van der Waals surface area contributed by atoms with Gasteiger partial charge in [0.05, 0.1) is 4.91 Å². The van der Waals surface area contributed by atoms with Crippen LogP contribution in [-0.2, 0) is 11.3 Å². The first kappa shape index (κ1) is 18.3. The van der Waals surface area contributed by atoms with Crippen molar-refractivity contribution in [1.29, 1.82) is 0 Å². The molecule has 27 heavy (non-hydrogen) atoms. The molecule has 1 fully saturated rings. The zero-order chi connectivity index (χ0) is 19.0. The van der Waals surface area contributed by atoms with Gasteiger partial charge in [-0.15, -0.1) is 0 Å². The minimum atomic E-state index is -0.0120. The molecule has 1 saturated heterocycles. The lowest BCUT2D eigenvalue weighted by molar-refractivity contribution is -0.121. The molecule has 4 rings (SSSR count). The van der Waals surface area contributed by atoms with Gasteiger partial charge in [0.1, 0.15) is 4.32 Å². The molecule has 1 amide bonds. The minimum absolute atomic E-state index is 0.0120. The van der Waals surface area contributed by atoms with Crippen molar-refractivity contribution in [3.05, 3.63) is 75.8 Å². The van der Waals surface area contributed by atoms with Crippen molar-refractivity contribution in [1.82, 2.24) is 9.47 Å². The van der Waals surface area contributed by atoms with Crippen molar-refractivity contribution in [2.75, 3.05) is 6.54 Å². The Labute approximate surface area is 172 Å². The number of benzene rings is 2. The molecule has 0 atom stereocenters. The highest BCUT2D eigenvalue weighted by Crippen LogP contribution is 2.34. The number of likely N-dealkylation sites (N-methyl/N-ethyl adjacent to an activating group) is 1. The Bertz CT molecular complexity index is 1070. The molecule has 2 heterocycles. The van der Waals surface area contributed by atoms with Gasteiger partial charge < -0.3 is 4.57 Å². The molecule has 6 heteroatoms. The first-order chi connectivity index (χ1) is 13.1. The van der Waals surface area contributed by atoms with E-state index in [1.165, 1.54) is 17.3 Å². The fourth-order valence-corrected chi connectivity index (χ4v) is 4.72. The highest BCUT2D eigenvalue weighted by molar-refractivity contribution is 8.26. The van der Waals surface area contributed by atoms with E-state index in [4.69, 9.17) is 23.8 Å². The van der Waals surface area contributed by atoms with Gasteiger partial charge in [-0.1, -0.05) is 65.9 Å². The van der Waals surface area contributed by atoms with E-state index >= 15 is 0 Å². The van der Waals surface area contributed by atoms with Gasteiger partial charge in [-0.3, -0.25) is 9.69 Å². The number of carbonyl (C=O) groups is 1. The lowest BCUT2D eigenvalue weighted by Gasteiger charge is -2.09. The van der Waals surface area contributed by atoms with Gasteiger partial charge in [0.2, 0.25) is 0 Å². The maximum absolute atomic E-state index is 12.5. The molecule has 0 radical (unpaired) electrons. The lowest BCUT2D eigenvalue weighted by Crippen LogP contribution is -2.27. The SMILES string of the molecule is CCN1C(=O)C(=Cc2cn(Cc3ccc(Cl)cc3)c3ccccc23)SC1=S. The number of thiocarbonyl (C=S) groups is 1. The maximum Gasteiger partial charge on any atom is 0.266 e. The summed E-state index contributed by atoms with van der Waals surface area (Å²) in [7, 11) is 0. The molecule has 2 aromatic carbocycles. The molecule has 1 aliphatic heterocycles. The van der Waals surface area contributed by atoms with Crippen molar-refractivity contribution in [2.24, 2.45) is 0 Å². The van der Waals surface area contributed by atoms with Crippen molar-refractivity contribution >= 4 is 62.8 Å². The molecule has 0 aliphatic carbocycles. The number of hydrogen-bond donors (Lipinski definition) is 0. The van der Waals surface area contributed by atoms with Crippen LogP contribution in [0.4, 0.5) is 0 Å². The third-order valence-electron chi connectivity index (χ3n) is 4.56. The van der Waals surface area contributed by atoms with E-state index < -0.39 is 0 Å². The molecule has 1 aliphatic rings. The summed E-state index contributed by atoms with van der Waals surface area (Å²) >= 11 is 12.7. The summed E-state index contributed by atoms with van der Waals surface area (Å²) in [5, 5.41) is 1.85. The highest BCUT2D eigenvalue weighted by atomic mass is 35.5. The minimum Gasteiger partial charge on any atom is -0.342 e. The summed E-state index contributed by atoms with van der Waals surface area (Å²) in [5.74, 6) is -0.0120. The summed E-state index contributed by atoms with van der Waals surface area (Å²) in [5.41, 5.74) is 3.32. The molecule has 3 nitrogen and oxygen atoms in total. The lowest BCUT2D eigenvalue weighted by atomic mass is 10.1. The van der Waals surface area contributed by atoms with Gasteiger partial charge in [0.15, 0.2) is 0 Å². The van der Waals surface area contributed by atoms with Crippen molar-refractivity contribution in [3.8, 4) is 0 Å². The smallest absolute Gasteiger partial charge is 0.266 e. The van der Waals surface area contributed by atoms with E-state index in [9.17, 15) is 4.79 Å². The van der Waals surface area contributed by atoms with Crippen molar-refractivity contribution in [2.45, 2.75) is 13.5 Å². The van der Waals surface area contributed by atoms with E-state index in [0.717, 1.165) is 28.0 Å². The monoisotopic (exact) mass is 412 g/mol. The first-order valence-corrected chi connectivity index (χ1v) is 10.2. The second-order valence-electron chi connectivity index (χ2n) is 6.28. The van der Waals surface area contributed by atoms with Crippen LogP contribution in [0.15, 0.2) is 59.6 Å². The number of aromatic nitrogens is 1. The van der Waals surface area contributed by atoms with Crippen LogP contribution in [0.5, 0.6) is 0 Å². The number of para-hydroxylation sites is 1. The summed E-state index contributed by atoms with van der Waals surface area (Å²) < 4.78 is 2.82. The molecule has 0 N–H and O–H groups in total. The Hall–Kier alpha value is -2.08. The zero-order valence-corrected chi connectivity index (χ0v) is 17.1. The summed E-state index contributed by atoms with van der Waals surface area (Å²) in [4.78, 5) is 14.9. The topological polar surface area (TPSA) is 25.2 Å². The third kappa shape index (κ3) is 3.55. The second kappa shape index (κ2) is 7.50. The molecular weight excluding hydrogens is 396 g/mol. The van der Waals surface area contributed by atoms with Crippen LogP contribution in [0.3, 0.4) is 0 Å². The number of hydrogen-bond acceptors (Lipinski definition) is 3. The summed E-state index contributed by atoms with van der Waals surface area (Å²) in [6.45, 7) is 3.27. The molecule has 0 spiro atoms.